The van der Waals surface area contributed by atoms with Crippen molar-refractivity contribution in [1.29, 1.82) is 0 Å². The van der Waals surface area contributed by atoms with Crippen molar-refractivity contribution in [3.05, 3.63) is 34.6 Å². The number of halogens is 2. The zero-order chi connectivity index (χ0) is 10.7. The van der Waals surface area contributed by atoms with Crippen molar-refractivity contribution in [2.24, 2.45) is 0 Å². The molecule has 0 atom stereocenters. The fourth-order valence-corrected chi connectivity index (χ4v) is 1.81. The molecule has 1 aromatic heterocycles. The number of aryl methyl sites for hydroxylation is 1. The van der Waals surface area contributed by atoms with Gasteiger partial charge < -0.3 is 4.52 Å². The van der Waals surface area contributed by atoms with E-state index in [4.69, 9.17) is 16.1 Å². The van der Waals surface area contributed by atoms with Crippen molar-refractivity contribution >= 4 is 27.5 Å². The van der Waals surface area contributed by atoms with E-state index in [2.05, 4.69) is 26.1 Å². The molecule has 3 nitrogen and oxygen atoms in total. The lowest BCUT2D eigenvalue weighted by atomic mass is 10.2. The number of alkyl halides is 1. The third kappa shape index (κ3) is 2.38. The second-order valence-electron chi connectivity index (χ2n) is 2.93. The van der Waals surface area contributed by atoms with E-state index in [1.165, 1.54) is 0 Å². The number of nitrogens with zero attached hydrogens (tertiary/aromatic N) is 2. The summed E-state index contributed by atoms with van der Waals surface area (Å²) in [5.41, 5.74) is 0.919. The van der Waals surface area contributed by atoms with Gasteiger partial charge in [-0.05, 0) is 12.1 Å². The molecule has 15 heavy (non-hydrogen) atoms. The van der Waals surface area contributed by atoms with Gasteiger partial charge in [-0.3, -0.25) is 0 Å². The normalized spacial score (nSPS) is 10.5. The first kappa shape index (κ1) is 10.6. The Bertz CT molecular complexity index is 458. The smallest absolute Gasteiger partial charge is 0.228 e. The van der Waals surface area contributed by atoms with Crippen LogP contribution in [0.25, 0.3) is 11.4 Å². The number of hydrogen-bond acceptors (Lipinski definition) is 3. The van der Waals surface area contributed by atoms with Gasteiger partial charge in [0.2, 0.25) is 11.7 Å². The summed E-state index contributed by atoms with van der Waals surface area (Å²) in [6, 6.07) is 7.73. The molecule has 0 aliphatic carbocycles. The molecule has 2 rings (SSSR count). The summed E-state index contributed by atoms with van der Waals surface area (Å²) in [7, 11) is 0. The van der Waals surface area contributed by atoms with E-state index in [0.29, 0.717) is 24.0 Å². The van der Waals surface area contributed by atoms with Crippen LogP contribution >= 0.6 is 27.5 Å². The third-order valence-corrected chi connectivity index (χ3v) is 2.77. The Kier molecular flexibility index (Phi) is 3.38. The summed E-state index contributed by atoms with van der Waals surface area (Å²) in [6.07, 6.45) is 0.596. The van der Waals surface area contributed by atoms with Crippen LogP contribution in [0, 0.1) is 0 Å². The highest BCUT2D eigenvalue weighted by Crippen LogP contribution is 2.25. The maximum absolute atomic E-state index is 5.59. The van der Waals surface area contributed by atoms with E-state index in [9.17, 15) is 0 Å². The number of hydrogen-bond donors (Lipinski definition) is 0. The Morgan fingerprint density at radius 2 is 2.13 bits per heavy atom. The third-order valence-electron chi connectivity index (χ3n) is 1.89. The van der Waals surface area contributed by atoms with E-state index < -0.39 is 0 Å². The first-order valence-corrected chi connectivity index (χ1v) is 5.77. The van der Waals surface area contributed by atoms with E-state index in [-0.39, 0.29) is 0 Å². The van der Waals surface area contributed by atoms with Crippen molar-refractivity contribution in [1.82, 2.24) is 10.1 Å². The molecule has 0 aliphatic heterocycles. The molecule has 0 bridgehead atoms. The quantitative estimate of drug-likeness (QED) is 0.813. The summed E-state index contributed by atoms with van der Waals surface area (Å²) in [6.45, 7) is 0. The first-order valence-electron chi connectivity index (χ1n) is 4.44. The average molecular weight is 288 g/mol. The molecule has 0 radical (unpaired) electrons. The summed E-state index contributed by atoms with van der Waals surface area (Å²) in [5, 5.41) is 3.89. The topological polar surface area (TPSA) is 38.9 Å². The van der Waals surface area contributed by atoms with Gasteiger partial charge >= 0.3 is 0 Å². The van der Waals surface area contributed by atoms with Crippen molar-refractivity contribution in [2.45, 2.75) is 6.42 Å². The Morgan fingerprint density at radius 1 is 1.33 bits per heavy atom. The second-order valence-corrected chi connectivity index (χ2v) is 4.16. The molecule has 1 aromatic carbocycles. The Hall–Kier alpha value is -0.870. The fourth-order valence-electron chi connectivity index (χ4n) is 1.19. The molecule has 0 unspecified atom stereocenters. The number of benzene rings is 1. The van der Waals surface area contributed by atoms with Crippen LogP contribution < -0.4 is 0 Å². The van der Waals surface area contributed by atoms with E-state index >= 15 is 0 Å². The molecule has 0 saturated heterocycles. The van der Waals surface area contributed by atoms with Crippen LogP contribution in [0.4, 0.5) is 0 Å². The van der Waals surface area contributed by atoms with Crippen LogP contribution in [0.5, 0.6) is 0 Å². The number of aromatic nitrogens is 2. The monoisotopic (exact) mass is 286 g/mol. The van der Waals surface area contributed by atoms with Crippen LogP contribution in [0.15, 0.2) is 33.3 Å². The molecule has 5 heteroatoms. The zero-order valence-electron chi connectivity index (χ0n) is 7.78. The molecule has 0 amide bonds. The van der Waals surface area contributed by atoms with Crippen molar-refractivity contribution < 1.29 is 4.52 Å². The van der Waals surface area contributed by atoms with Gasteiger partial charge in [-0.25, -0.2) is 0 Å². The van der Waals surface area contributed by atoms with Crippen molar-refractivity contribution in [3.8, 4) is 11.4 Å². The summed E-state index contributed by atoms with van der Waals surface area (Å²) < 4.78 is 6.00. The van der Waals surface area contributed by atoms with Gasteiger partial charge in [0.15, 0.2) is 0 Å². The molecule has 1 heterocycles. The highest BCUT2D eigenvalue weighted by atomic mass is 79.9. The lowest BCUT2D eigenvalue weighted by Gasteiger charge is -1.96. The maximum Gasteiger partial charge on any atom is 0.228 e. The van der Waals surface area contributed by atoms with Gasteiger partial charge in [0.1, 0.15) is 0 Å². The molecule has 0 aliphatic rings. The minimum absolute atomic E-state index is 0.484. The van der Waals surface area contributed by atoms with Crippen molar-refractivity contribution in [2.75, 3.05) is 5.88 Å². The van der Waals surface area contributed by atoms with Crippen LogP contribution in [0.3, 0.4) is 0 Å². The molecular formula is C10H8BrClN2O. The molecule has 0 saturated carbocycles. The minimum atomic E-state index is 0.484. The molecule has 78 valence electrons. The van der Waals surface area contributed by atoms with E-state index in [0.717, 1.165) is 10.0 Å². The molecule has 0 fully saturated rings. The largest absolute Gasteiger partial charge is 0.339 e. The Morgan fingerprint density at radius 3 is 2.87 bits per heavy atom. The average Bonchev–Trinajstić information content (AvgIpc) is 2.68. The van der Waals surface area contributed by atoms with Gasteiger partial charge in [0, 0.05) is 22.3 Å². The predicted molar refractivity (Wildman–Crippen MR) is 61.9 cm³/mol. The van der Waals surface area contributed by atoms with Gasteiger partial charge in [0.25, 0.3) is 0 Å². The zero-order valence-corrected chi connectivity index (χ0v) is 10.1. The standard InChI is InChI=1S/C10H8BrClN2O/c11-8-4-2-1-3-7(8)10-13-9(5-6-12)15-14-10/h1-4H,5-6H2. The maximum atomic E-state index is 5.59. The van der Waals surface area contributed by atoms with Crippen LogP contribution in [0.1, 0.15) is 5.89 Å². The van der Waals surface area contributed by atoms with Crippen LogP contribution in [0.2, 0.25) is 0 Å². The van der Waals surface area contributed by atoms with Crippen LogP contribution in [-0.4, -0.2) is 16.0 Å². The SMILES string of the molecule is ClCCc1nc(-c2ccccc2Br)no1. The molecular weight excluding hydrogens is 279 g/mol. The molecule has 2 aromatic rings. The fraction of sp³-hybridized carbons (Fsp3) is 0.200. The summed E-state index contributed by atoms with van der Waals surface area (Å²) in [4.78, 5) is 4.24. The highest BCUT2D eigenvalue weighted by molar-refractivity contribution is 9.10. The minimum Gasteiger partial charge on any atom is -0.339 e. The number of rotatable bonds is 3. The van der Waals surface area contributed by atoms with Gasteiger partial charge in [-0.15, -0.1) is 11.6 Å². The first-order chi connectivity index (χ1) is 7.31. The molecule has 0 spiro atoms. The lowest BCUT2D eigenvalue weighted by Crippen LogP contribution is -1.86. The van der Waals surface area contributed by atoms with Crippen molar-refractivity contribution in [3.63, 3.8) is 0 Å². The Balaban J connectivity index is 2.33. The van der Waals surface area contributed by atoms with E-state index in [1.54, 1.807) is 0 Å². The van der Waals surface area contributed by atoms with Gasteiger partial charge in [0.05, 0.1) is 0 Å². The lowest BCUT2D eigenvalue weighted by molar-refractivity contribution is 0.383. The van der Waals surface area contributed by atoms with E-state index in [1.807, 2.05) is 24.3 Å². The van der Waals surface area contributed by atoms with Gasteiger partial charge in [-0.2, -0.15) is 4.98 Å². The predicted octanol–water partition coefficient (Wildman–Crippen LogP) is 3.28. The van der Waals surface area contributed by atoms with Crippen LogP contribution in [-0.2, 0) is 6.42 Å². The highest BCUT2D eigenvalue weighted by Gasteiger charge is 2.10. The summed E-state index contributed by atoms with van der Waals surface area (Å²) in [5.74, 6) is 1.63. The molecule has 0 N–H and O–H groups in total. The summed E-state index contributed by atoms with van der Waals surface area (Å²) >= 11 is 9.02. The Labute approximate surface area is 101 Å². The second kappa shape index (κ2) is 4.77. The van der Waals surface area contributed by atoms with Gasteiger partial charge in [-0.1, -0.05) is 33.2 Å².